The molecule has 0 fully saturated rings. The highest BCUT2D eigenvalue weighted by Crippen LogP contribution is 2.25. The Bertz CT molecular complexity index is 1160. The smallest absolute Gasteiger partial charge is 0.266 e. The average Bonchev–Trinajstić information content (AvgIpc) is 2.68. The molecule has 0 saturated carbocycles. The second kappa shape index (κ2) is 7.72. The van der Waals surface area contributed by atoms with Crippen LogP contribution in [0.1, 0.15) is 5.69 Å². The van der Waals surface area contributed by atoms with Gasteiger partial charge in [0.25, 0.3) is 5.56 Å². The number of fused-ring (bicyclic) bond motifs is 1. The van der Waals surface area contributed by atoms with Crippen LogP contribution >= 0.6 is 35.0 Å². The molecule has 0 aliphatic heterocycles. The Balaban J connectivity index is 1.87. The van der Waals surface area contributed by atoms with Crippen molar-refractivity contribution in [1.82, 2.24) is 14.5 Å². The van der Waals surface area contributed by atoms with Crippen LogP contribution in [0.25, 0.3) is 16.6 Å². The van der Waals surface area contributed by atoms with Crippen LogP contribution in [-0.2, 0) is 5.75 Å². The van der Waals surface area contributed by atoms with Crippen LogP contribution in [0.4, 0.5) is 0 Å². The Morgan fingerprint density at radius 2 is 1.74 bits per heavy atom. The van der Waals surface area contributed by atoms with Crippen LogP contribution in [0.5, 0.6) is 0 Å². The highest BCUT2D eigenvalue weighted by atomic mass is 35.5. The minimum atomic E-state index is -0.150. The summed E-state index contributed by atoms with van der Waals surface area (Å²) in [7, 11) is 0. The molecule has 0 amide bonds. The number of hydrogen-bond acceptors (Lipinski definition) is 4. The van der Waals surface area contributed by atoms with Crippen molar-refractivity contribution in [3.63, 3.8) is 0 Å². The van der Waals surface area contributed by atoms with Gasteiger partial charge in [0.05, 0.1) is 22.3 Å². The summed E-state index contributed by atoms with van der Waals surface area (Å²) in [6, 6.07) is 18.0. The van der Waals surface area contributed by atoms with E-state index in [4.69, 9.17) is 28.2 Å². The van der Waals surface area contributed by atoms with Crippen molar-refractivity contribution in [1.29, 1.82) is 0 Å². The maximum absolute atomic E-state index is 13.2. The van der Waals surface area contributed by atoms with Gasteiger partial charge >= 0.3 is 0 Å². The minimum absolute atomic E-state index is 0.150. The maximum Gasteiger partial charge on any atom is 0.266 e. The number of aromatic nitrogens is 3. The number of halogens is 2. The summed E-state index contributed by atoms with van der Waals surface area (Å²) in [6.07, 6.45) is 1.75. The Morgan fingerprint density at radius 1 is 0.963 bits per heavy atom. The SMILES string of the molecule is O=c1c2ccc(Cl)cc2nc(SCc2ccccn2)n1-c1ccc(Cl)cc1. The third kappa shape index (κ3) is 3.86. The third-order valence-electron chi connectivity index (χ3n) is 3.96. The van der Waals surface area contributed by atoms with Crippen molar-refractivity contribution in [2.45, 2.75) is 10.9 Å². The molecule has 0 aliphatic rings. The Hall–Kier alpha value is -2.34. The zero-order valence-corrected chi connectivity index (χ0v) is 16.3. The molecule has 0 saturated heterocycles. The summed E-state index contributed by atoms with van der Waals surface area (Å²) in [5.74, 6) is 0.590. The van der Waals surface area contributed by atoms with Gasteiger partial charge in [-0.1, -0.05) is 41.0 Å². The summed E-state index contributed by atoms with van der Waals surface area (Å²) < 4.78 is 1.60. The lowest BCUT2D eigenvalue weighted by Crippen LogP contribution is -2.21. The highest BCUT2D eigenvalue weighted by Gasteiger charge is 2.14. The lowest BCUT2D eigenvalue weighted by Gasteiger charge is -2.13. The first-order valence-electron chi connectivity index (χ1n) is 8.13. The Morgan fingerprint density at radius 3 is 2.48 bits per heavy atom. The van der Waals surface area contributed by atoms with Crippen molar-refractivity contribution in [2.24, 2.45) is 0 Å². The first-order chi connectivity index (χ1) is 13.1. The molecule has 2 heterocycles. The van der Waals surface area contributed by atoms with E-state index in [1.54, 1.807) is 53.2 Å². The zero-order valence-electron chi connectivity index (χ0n) is 14.0. The second-order valence-electron chi connectivity index (χ2n) is 5.78. The topological polar surface area (TPSA) is 47.8 Å². The van der Waals surface area contributed by atoms with Gasteiger partial charge in [-0.2, -0.15) is 0 Å². The zero-order chi connectivity index (χ0) is 18.8. The molecule has 7 heteroatoms. The van der Waals surface area contributed by atoms with E-state index < -0.39 is 0 Å². The molecule has 0 spiro atoms. The van der Waals surface area contributed by atoms with Crippen molar-refractivity contribution in [3.05, 3.63) is 93.0 Å². The van der Waals surface area contributed by atoms with Crippen LogP contribution in [0, 0.1) is 0 Å². The maximum atomic E-state index is 13.2. The van der Waals surface area contributed by atoms with Crippen LogP contribution < -0.4 is 5.56 Å². The molecule has 4 rings (SSSR count). The van der Waals surface area contributed by atoms with Crippen LogP contribution in [0.3, 0.4) is 0 Å². The first-order valence-corrected chi connectivity index (χ1v) is 9.87. The van der Waals surface area contributed by atoms with Gasteiger partial charge in [0.15, 0.2) is 5.16 Å². The van der Waals surface area contributed by atoms with Crippen molar-refractivity contribution >= 4 is 45.9 Å². The Labute approximate surface area is 169 Å². The van der Waals surface area contributed by atoms with E-state index in [9.17, 15) is 4.79 Å². The highest BCUT2D eigenvalue weighted by molar-refractivity contribution is 7.98. The average molecular weight is 414 g/mol. The molecular weight excluding hydrogens is 401 g/mol. The van der Waals surface area contributed by atoms with Crippen molar-refractivity contribution < 1.29 is 0 Å². The predicted molar refractivity (Wildman–Crippen MR) is 111 cm³/mol. The van der Waals surface area contributed by atoms with Gasteiger partial charge in [-0.25, -0.2) is 4.98 Å². The van der Waals surface area contributed by atoms with Crippen LogP contribution in [0.15, 0.2) is 76.8 Å². The molecule has 0 N–H and O–H groups in total. The van der Waals surface area contributed by atoms with Crippen molar-refractivity contribution in [2.75, 3.05) is 0 Å². The number of hydrogen-bond donors (Lipinski definition) is 0. The van der Waals surface area contributed by atoms with Crippen LogP contribution in [-0.4, -0.2) is 14.5 Å². The molecule has 4 aromatic rings. The Kier molecular flexibility index (Phi) is 5.16. The molecule has 0 aliphatic carbocycles. The molecule has 27 heavy (non-hydrogen) atoms. The molecule has 0 radical (unpaired) electrons. The van der Waals surface area contributed by atoms with Crippen molar-refractivity contribution in [3.8, 4) is 5.69 Å². The monoisotopic (exact) mass is 413 g/mol. The van der Waals surface area contributed by atoms with Gasteiger partial charge in [0, 0.05) is 22.0 Å². The summed E-state index contributed by atoms with van der Waals surface area (Å²) in [4.78, 5) is 22.2. The van der Waals surface area contributed by atoms with E-state index in [-0.39, 0.29) is 5.56 Å². The first kappa shape index (κ1) is 18.0. The van der Waals surface area contributed by atoms with E-state index in [2.05, 4.69) is 4.98 Å². The van der Waals surface area contributed by atoms with Gasteiger partial charge in [-0.3, -0.25) is 14.3 Å². The molecule has 0 bridgehead atoms. The second-order valence-corrected chi connectivity index (χ2v) is 7.60. The van der Waals surface area contributed by atoms with E-state index >= 15 is 0 Å². The third-order valence-corrected chi connectivity index (χ3v) is 5.42. The summed E-state index contributed by atoms with van der Waals surface area (Å²) in [6.45, 7) is 0. The van der Waals surface area contributed by atoms with Crippen LogP contribution in [0.2, 0.25) is 10.0 Å². The van der Waals surface area contributed by atoms with Gasteiger partial charge in [-0.05, 0) is 54.6 Å². The number of pyridine rings is 1. The van der Waals surface area contributed by atoms with Gasteiger partial charge in [0.2, 0.25) is 0 Å². The lowest BCUT2D eigenvalue weighted by atomic mass is 10.2. The summed E-state index contributed by atoms with van der Waals surface area (Å²) in [5.41, 5.74) is 2.03. The number of rotatable bonds is 4. The number of benzene rings is 2. The molecule has 2 aromatic heterocycles. The number of nitrogens with zero attached hydrogens (tertiary/aromatic N) is 3. The van der Waals surface area contributed by atoms with E-state index in [0.717, 1.165) is 5.69 Å². The van der Waals surface area contributed by atoms with E-state index in [1.165, 1.54) is 11.8 Å². The van der Waals surface area contributed by atoms with E-state index in [0.29, 0.717) is 37.5 Å². The lowest BCUT2D eigenvalue weighted by molar-refractivity contribution is 0.819. The minimum Gasteiger partial charge on any atom is -0.268 e. The summed E-state index contributed by atoms with van der Waals surface area (Å²) >= 11 is 13.5. The summed E-state index contributed by atoms with van der Waals surface area (Å²) in [5, 5.41) is 2.23. The molecule has 134 valence electrons. The largest absolute Gasteiger partial charge is 0.268 e. The fourth-order valence-corrected chi connectivity index (χ4v) is 3.90. The normalized spacial score (nSPS) is 11.0. The van der Waals surface area contributed by atoms with Gasteiger partial charge < -0.3 is 0 Å². The molecule has 0 unspecified atom stereocenters. The number of thioether (sulfide) groups is 1. The van der Waals surface area contributed by atoms with Gasteiger partial charge in [0.1, 0.15) is 0 Å². The quantitative estimate of drug-likeness (QED) is 0.332. The van der Waals surface area contributed by atoms with E-state index in [1.807, 2.05) is 18.2 Å². The standard InChI is InChI=1S/C20H13Cl2N3OS/c21-13-4-7-16(8-5-13)25-19(26)17-9-6-14(22)11-18(17)24-20(25)27-12-15-3-1-2-10-23-15/h1-11H,12H2. The fourth-order valence-electron chi connectivity index (χ4n) is 2.68. The molecule has 0 atom stereocenters. The molecule has 4 nitrogen and oxygen atoms in total. The molecular formula is C20H13Cl2N3OS. The molecule has 2 aromatic carbocycles. The van der Waals surface area contributed by atoms with Gasteiger partial charge in [-0.15, -0.1) is 0 Å². The fraction of sp³-hybridized carbons (Fsp3) is 0.0500. The predicted octanol–water partition coefficient (Wildman–Crippen LogP) is 5.38.